The largest absolute Gasteiger partial charge is 0.396 e. The van der Waals surface area contributed by atoms with Crippen molar-refractivity contribution in [3.63, 3.8) is 0 Å². The molecule has 25 heavy (non-hydrogen) atoms. The molecule has 7 nitrogen and oxygen atoms in total. The van der Waals surface area contributed by atoms with E-state index in [1.54, 1.807) is 0 Å². The highest BCUT2D eigenvalue weighted by molar-refractivity contribution is 6.38. The zero-order chi connectivity index (χ0) is 19.6. The van der Waals surface area contributed by atoms with E-state index in [2.05, 4.69) is 10.6 Å². The third kappa shape index (κ3) is 10.1. The molecule has 0 aromatic rings. The Kier molecular flexibility index (Phi) is 10.4. The fourth-order valence-corrected chi connectivity index (χ4v) is 2.46. The molecule has 0 aromatic carbocycles. The molecule has 0 saturated carbocycles. The average molecular weight is 356 g/mol. The molecule has 0 fully saturated rings. The molecule has 1 amide bonds. The molecule has 0 heterocycles. The van der Waals surface area contributed by atoms with Gasteiger partial charge in [0, 0.05) is 24.5 Å². The van der Waals surface area contributed by atoms with Crippen LogP contribution < -0.4 is 10.6 Å². The van der Waals surface area contributed by atoms with Gasteiger partial charge in [-0.25, -0.2) is 0 Å². The number of nitrogens with one attached hydrogen (secondary N) is 2. The van der Waals surface area contributed by atoms with Crippen LogP contribution in [0.1, 0.15) is 60.3 Å². The van der Waals surface area contributed by atoms with Crippen LogP contribution in [0.4, 0.5) is 0 Å². The third-order valence-corrected chi connectivity index (χ3v) is 3.70. The molecule has 0 bridgehead atoms. The van der Waals surface area contributed by atoms with Crippen LogP contribution >= 0.6 is 0 Å². The zero-order valence-electron chi connectivity index (χ0n) is 16.0. The first-order chi connectivity index (χ1) is 11.5. The SMILES string of the molecule is CCCC(NC(C)(C)C)C(=O)C(=O)NCC(=O)CC(CCO)C(C)=O. The van der Waals surface area contributed by atoms with Gasteiger partial charge in [-0.1, -0.05) is 13.3 Å². The molecule has 7 heteroatoms. The number of amides is 1. The second kappa shape index (κ2) is 11.1. The van der Waals surface area contributed by atoms with Crippen LogP contribution in [0.5, 0.6) is 0 Å². The van der Waals surface area contributed by atoms with Crippen LogP contribution in [-0.2, 0) is 19.2 Å². The Labute approximate surface area is 149 Å². The first kappa shape index (κ1) is 23.4. The number of carbonyl (C=O) groups is 4. The number of aliphatic hydroxyl groups is 1. The van der Waals surface area contributed by atoms with E-state index in [0.717, 1.165) is 6.42 Å². The van der Waals surface area contributed by atoms with E-state index < -0.39 is 23.7 Å². The van der Waals surface area contributed by atoms with Crippen molar-refractivity contribution in [2.45, 2.75) is 71.9 Å². The van der Waals surface area contributed by atoms with E-state index in [1.807, 2.05) is 27.7 Å². The molecule has 0 saturated heterocycles. The minimum Gasteiger partial charge on any atom is -0.396 e. The first-order valence-electron chi connectivity index (χ1n) is 8.74. The fraction of sp³-hybridized carbons (Fsp3) is 0.778. The Balaban J connectivity index is 4.62. The summed E-state index contributed by atoms with van der Waals surface area (Å²) in [7, 11) is 0. The van der Waals surface area contributed by atoms with Crippen molar-refractivity contribution in [2.75, 3.05) is 13.2 Å². The summed E-state index contributed by atoms with van der Waals surface area (Å²) < 4.78 is 0. The van der Waals surface area contributed by atoms with Gasteiger partial charge in [0.05, 0.1) is 12.6 Å². The Morgan fingerprint density at radius 1 is 1.08 bits per heavy atom. The second-order valence-electron chi connectivity index (χ2n) is 7.35. The predicted octanol–water partition coefficient (Wildman–Crippen LogP) is 0.775. The lowest BCUT2D eigenvalue weighted by molar-refractivity contribution is -0.140. The number of ketones is 3. The van der Waals surface area contributed by atoms with Gasteiger partial charge < -0.3 is 15.7 Å². The molecule has 2 atom stereocenters. The molecular weight excluding hydrogens is 324 g/mol. The number of rotatable bonds is 12. The number of aliphatic hydroxyl groups excluding tert-OH is 1. The molecule has 0 rings (SSSR count). The summed E-state index contributed by atoms with van der Waals surface area (Å²) in [6, 6.07) is -0.598. The highest BCUT2D eigenvalue weighted by Gasteiger charge is 2.28. The summed E-state index contributed by atoms with van der Waals surface area (Å²) in [4.78, 5) is 47.6. The monoisotopic (exact) mass is 356 g/mol. The van der Waals surface area contributed by atoms with Crippen molar-refractivity contribution in [1.29, 1.82) is 0 Å². The lowest BCUT2D eigenvalue weighted by atomic mass is 9.95. The Morgan fingerprint density at radius 2 is 1.68 bits per heavy atom. The highest BCUT2D eigenvalue weighted by Crippen LogP contribution is 2.10. The van der Waals surface area contributed by atoms with Crippen LogP contribution in [0.25, 0.3) is 0 Å². The van der Waals surface area contributed by atoms with Crippen LogP contribution in [0.15, 0.2) is 0 Å². The summed E-state index contributed by atoms with van der Waals surface area (Å²) in [5.41, 5.74) is -0.315. The molecule has 0 aliphatic rings. The molecule has 0 radical (unpaired) electrons. The Morgan fingerprint density at radius 3 is 2.12 bits per heavy atom. The number of hydrogen-bond acceptors (Lipinski definition) is 6. The van der Waals surface area contributed by atoms with Gasteiger partial charge in [-0.05, 0) is 40.5 Å². The standard InChI is InChI=1S/C18H32N2O5/c1-6-7-15(20-18(3,4)5)16(24)17(25)19-11-14(23)10-13(8-9-21)12(2)22/h13,15,20-21H,6-11H2,1-5H3,(H,19,25). The van der Waals surface area contributed by atoms with Gasteiger partial charge in [0.15, 0.2) is 5.78 Å². The van der Waals surface area contributed by atoms with Gasteiger partial charge in [0.25, 0.3) is 5.91 Å². The van der Waals surface area contributed by atoms with Gasteiger partial charge in [-0.3, -0.25) is 19.2 Å². The van der Waals surface area contributed by atoms with Gasteiger partial charge in [-0.2, -0.15) is 0 Å². The summed E-state index contributed by atoms with van der Waals surface area (Å²) in [5.74, 6) is -2.47. The molecule has 0 aliphatic heterocycles. The van der Waals surface area contributed by atoms with Crippen LogP contribution in [0.2, 0.25) is 0 Å². The lowest BCUT2D eigenvalue weighted by Gasteiger charge is -2.27. The number of carbonyl (C=O) groups excluding carboxylic acids is 4. The molecule has 0 aliphatic carbocycles. The predicted molar refractivity (Wildman–Crippen MR) is 95.1 cm³/mol. The van der Waals surface area contributed by atoms with E-state index >= 15 is 0 Å². The number of Topliss-reactive ketones (excluding diaryl/α,β-unsaturated/α-hetero) is 3. The molecule has 0 aromatic heterocycles. The highest BCUT2D eigenvalue weighted by atomic mass is 16.3. The maximum atomic E-state index is 12.3. The Bertz CT molecular complexity index is 482. The van der Waals surface area contributed by atoms with Crippen LogP contribution in [0.3, 0.4) is 0 Å². The summed E-state index contributed by atoms with van der Waals surface area (Å²) in [6.45, 7) is 8.54. The van der Waals surface area contributed by atoms with Crippen molar-refractivity contribution < 1.29 is 24.3 Å². The van der Waals surface area contributed by atoms with Crippen molar-refractivity contribution in [2.24, 2.45) is 5.92 Å². The Hall–Kier alpha value is -1.60. The second-order valence-corrected chi connectivity index (χ2v) is 7.35. The number of hydrogen-bond donors (Lipinski definition) is 3. The van der Waals surface area contributed by atoms with Crippen LogP contribution in [-0.4, -0.2) is 53.1 Å². The smallest absolute Gasteiger partial charge is 0.289 e. The topological polar surface area (TPSA) is 113 Å². The van der Waals surface area contributed by atoms with Gasteiger partial charge in [-0.15, -0.1) is 0 Å². The van der Waals surface area contributed by atoms with Gasteiger partial charge in [0.2, 0.25) is 5.78 Å². The maximum Gasteiger partial charge on any atom is 0.289 e. The molecule has 3 N–H and O–H groups in total. The van der Waals surface area contributed by atoms with Crippen molar-refractivity contribution >= 4 is 23.3 Å². The summed E-state index contributed by atoms with van der Waals surface area (Å²) in [5, 5.41) is 14.4. The van der Waals surface area contributed by atoms with Gasteiger partial charge in [0.1, 0.15) is 5.78 Å². The van der Waals surface area contributed by atoms with Crippen molar-refractivity contribution in [3.8, 4) is 0 Å². The van der Waals surface area contributed by atoms with E-state index in [9.17, 15) is 19.2 Å². The maximum absolute atomic E-state index is 12.3. The average Bonchev–Trinajstić information content (AvgIpc) is 2.49. The summed E-state index contributed by atoms with van der Waals surface area (Å²) in [6.07, 6.45) is 1.43. The third-order valence-electron chi connectivity index (χ3n) is 3.70. The quantitative estimate of drug-likeness (QED) is 0.445. The fourth-order valence-electron chi connectivity index (χ4n) is 2.46. The minimum absolute atomic E-state index is 0.0526. The normalized spacial score (nSPS) is 13.8. The van der Waals surface area contributed by atoms with Crippen molar-refractivity contribution in [3.05, 3.63) is 0 Å². The minimum atomic E-state index is -0.801. The molecule has 2 unspecified atom stereocenters. The molecule has 0 spiro atoms. The first-order valence-corrected chi connectivity index (χ1v) is 8.74. The molecular formula is C18H32N2O5. The summed E-state index contributed by atoms with van der Waals surface area (Å²) >= 11 is 0. The van der Waals surface area contributed by atoms with E-state index in [-0.39, 0.29) is 43.1 Å². The van der Waals surface area contributed by atoms with Crippen LogP contribution in [0, 0.1) is 5.92 Å². The van der Waals surface area contributed by atoms with E-state index in [0.29, 0.717) is 6.42 Å². The molecule has 144 valence electrons. The van der Waals surface area contributed by atoms with E-state index in [4.69, 9.17) is 5.11 Å². The van der Waals surface area contributed by atoms with E-state index in [1.165, 1.54) is 6.92 Å². The van der Waals surface area contributed by atoms with Gasteiger partial charge >= 0.3 is 0 Å². The van der Waals surface area contributed by atoms with Crippen molar-refractivity contribution in [1.82, 2.24) is 10.6 Å². The zero-order valence-corrected chi connectivity index (χ0v) is 16.0. The lowest BCUT2D eigenvalue weighted by Crippen LogP contribution is -2.52.